The molecule has 0 aliphatic rings. The SMILES string of the molecule is Cc1nn(CC(=O)NC(C)(C)c2ccc(Cl)c(Cl)c2)c(C)c1Cl. The first-order chi connectivity index (χ1) is 10.6. The molecule has 1 heterocycles. The maximum Gasteiger partial charge on any atom is 0.242 e. The van der Waals surface area contributed by atoms with E-state index in [4.69, 9.17) is 34.8 Å². The number of nitrogens with one attached hydrogen (secondary N) is 1. The number of hydrogen-bond donors (Lipinski definition) is 1. The van der Waals surface area contributed by atoms with Gasteiger partial charge in [-0.05, 0) is 45.4 Å². The number of amides is 1. The fourth-order valence-corrected chi connectivity index (χ4v) is 2.74. The lowest BCUT2D eigenvalue weighted by atomic mass is 9.94. The first kappa shape index (κ1) is 18.1. The Morgan fingerprint density at radius 2 is 1.87 bits per heavy atom. The Hall–Kier alpha value is -1.23. The van der Waals surface area contributed by atoms with E-state index >= 15 is 0 Å². The molecule has 0 saturated carbocycles. The smallest absolute Gasteiger partial charge is 0.242 e. The summed E-state index contributed by atoms with van der Waals surface area (Å²) in [5, 5.41) is 8.76. The number of nitrogens with zero attached hydrogens (tertiary/aromatic N) is 2. The maximum atomic E-state index is 12.4. The standard InChI is InChI=1S/C16H18Cl3N3O/c1-9-15(19)10(2)22(21-9)8-14(23)20-16(3,4)11-5-6-12(17)13(18)7-11/h5-7H,8H2,1-4H3,(H,20,23). The molecule has 0 aliphatic heterocycles. The number of hydrogen-bond acceptors (Lipinski definition) is 2. The number of rotatable bonds is 4. The lowest BCUT2D eigenvalue weighted by molar-refractivity contribution is -0.123. The minimum atomic E-state index is -0.592. The molecule has 2 aromatic rings. The monoisotopic (exact) mass is 373 g/mol. The minimum Gasteiger partial charge on any atom is -0.346 e. The van der Waals surface area contributed by atoms with Crippen LogP contribution in [0.1, 0.15) is 30.8 Å². The molecule has 0 fully saturated rings. The van der Waals surface area contributed by atoms with Gasteiger partial charge in [0, 0.05) is 0 Å². The molecule has 124 valence electrons. The first-order valence-corrected chi connectivity index (χ1v) is 8.21. The number of halogens is 3. The molecule has 4 nitrogen and oxygen atoms in total. The predicted octanol–water partition coefficient (Wildman–Crippen LogP) is 4.51. The second-order valence-electron chi connectivity index (χ2n) is 5.94. The highest BCUT2D eigenvalue weighted by atomic mass is 35.5. The summed E-state index contributed by atoms with van der Waals surface area (Å²) in [4.78, 5) is 12.4. The van der Waals surface area contributed by atoms with Crippen LogP contribution in [0.25, 0.3) is 0 Å². The van der Waals surface area contributed by atoms with Crippen LogP contribution in [0.3, 0.4) is 0 Å². The van der Waals surface area contributed by atoms with E-state index < -0.39 is 5.54 Å². The molecule has 1 aromatic carbocycles. The van der Waals surface area contributed by atoms with Crippen molar-refractivity contribution in [2.45, 2.75) is 39.8 Å². The van der Waals surface area contributed by atoms with Gasteiger partial charge in [-0.1, -0.05) is 40.9 Å². The first-order valence-electron chi connectivity index (χ1n) is 7.08. The highest BCUT2D eigenvalue weighted by Crippen LogP contribution is 2.28. The molecule has 23 heavy (non-hydrogen) atoms. The van der Waals surface area contributed by atoms with Crippen molar-refractivity contribution in [1.29, 1.82) is 0 Å². The zero-order valence-electron chi connectivity index (χ0n) is 13.4. The topological polar surface area (TPSA) is 46.9 Å². The van der Waals surface area contributed by atoms with Crippen LogP contribution in [-0.2, 0) is 16.9 Å². The third-order valence-corrected chi connectivity index (χ3v) is 4.97. The second kappa shape index (κ2) is 6.71. The average molecular weight is 375 g/mol. The van der Waals surface area contributed by atoms with Crippen LogP contribution in [0.2, 0.25) is 15.1 Å². The van der Waals surface area contributed by atoms with Crippen LogP contribution in [0.5, 0.6) is 0 Å². The van der Waals surface area contributed by atoms with Gasteiger partial charge < -0.3 is 5.32 Å². The Bertz CT molecular complexity index is 753. The summed E-state index contributed by atoms with van der Waals surface area (Å²) >= 11 is 18.1. The lowest BCUT2D eigenvalue weighted by Crippen LogP contribution is -2.42. The molecule has 0 spiro atoms. The summed E-state index contributed by atoms with van der Waals surface area (Å²) in [7, 11) is 0. The van der Waals surface area contributed by atoms with Gasteiger partial charge in [0.05, 0.1) is 32.0 Å². The van der Waals surface area contributed by atoms with Gasteiger partial charge >= 0.3 is 0 Å². The van der Waals surface area contributed by atoms with Crippen molar-refractivity contribution in [1.82, 2.24) is 15.1 Å². The molecule has 1 aromatic heterocycles. The second-order valence-corrected chi connectivity index (χ2v) is 7.14. The molecule has 0 saturated heterocycles. The molecule has 2 rings (SSSR count). The largest absolute Gasteiger partial charge is 0.346 e. The van der Waals surface area contributed by atoms with Gasteiger partial charge in [0.15, 0.2) is 0 Å². The number of carbonyl (C=O) groups is 1. The Morgan fingerprint density at radius 3 is 2.39 bits per heavy atom. The van der Waals surface area contributed by atoms with Gasteiger partial charge in [-0.25, -0.2) is 0 Å². The van der Waals surface area contributed by atoms with Crippen LogP contribution >= 0.6 is 34.8 Å². The third-order valence-electron chi connectivity index (χ3n) is 3.68. The van der Waals surface area contributed by atoms with E-state index in [-0.39, 0.29) is 12.5 Å². The molecule has 0 atom stereocenters. The summed E-state index contributed by atoms with van der Waals surface area (Å²) in [6, 6.07) is 5.31. The van der Waals surface area contributed by atoms with Crippen molar-refractivity contribution in [2.75, 3.05) is 0 Å². The fourth-order valence-electron chi connectivity index (χ4n) is 2.31. The summed E-state index contributed by atoms with van der Waals surface area (Å²) < 4.78 is 1.60. The lowest BCUT2D eigenvalue weighted by Gasteiger charge is -2.27. The van der Waals surface area contributed by atoms with Gasteiger partial charge in [-0.15, -0.1) is 0 Å². The number of carbonyl (C=O) groups excluding carboxylic acids is 1. The molecule has 0 aliphatic carbocycles. The van der Waals surface area contributed by atoms with Crippen molar-refractivity contribution < 1.29 is 4.79 Å². The van der Waals surface area contributed by atoms with Gasteiger partial charge in [0.1, 0.15) is 6.54 Å². The van der Waals surface area contributed by atoms with Crippen LogP contribution in [0, 0.1) is 13.8 Å². The molecule has 0 unspecified atom stereocenters. The fraction of sp³-hybridized carbons (Fsp3) is 0.375. The summed E-state index contributed by atoms with van der Waals surface area (Å²) in [5.74, 6) is -0.164. The third kappa shape index (κ3) is 4.00. The van der Waals surface area contributed by atoms with E-state index in [1.54, 1.807) is 16.8 Å². The Labute approximate surface area is 150 Å². The molecule has 0 radical (unpaired) electrons. The highest BCUT2D eigenvalue weighted by molar-refractivity contribution is 6.42. The number of aromatic nitrogens is 2. The normalized spacial score (nSPS) is 11.6. The number of benzene rings is 1. The van der Waals surface area contributed by atoms with Gasteiger partial charge in [-0.2, -0.15) is 5.10 Å². The van der Waals surface area contributed by atoms with E-state index in [0.717, 1.165) is 11.3 Å². The van der Waals surface area contributed by atoms with Gasteiger partial charge in [0.25, 0.3) is 0 Å². The van der Waals surface area contributed by atoms with E-state index in [2.05, 4.69) is 10.4 Å². The molecular formula is C16H18Cl3N3O. The molecule has 0 bridgehead atoms. The molecule has 1 N–H and O–H groups in total. The van der Waals surface area contributed by atoms with Crippen molar-refractivity contribution in [2.24, 2.45) is 0 Å². The molecule has 1 amide bonds. The van der Waals surface area contributed by atoms with E-state index in [9.17, 15) is 4.79 Å². The Morgan fingerprint density at radius 1 is 1.22 bits per heavy atom. The molecule has 7 heteroatoms. The summed E-state index contributed by atoms with van der Waals surface area (Å²) in [6.45, 7) is 7.55. The minimum absolute atomic E-state index is 0.101. The zero-order valence-corrected chi connectivity index (χ0v) is 15.6. The van der Waals surface area contributed by atoms with Crippen molar-refractivity contribution in [3.05, 3.63) is 50.2 Å². The Kier molecular flexibility index (Phi) is 5.29. The average Bonchev–Trinajstić information content (AvgIpc) is 2.68. The van der Waals surface area contributed by atoms with Crippen LogP contribution in [-0.4, -0.2) is 15.7 Å². The van der Waals surface area contributed by atoms with E-state index in [1.807, 2.05) is 33.8 Å². The van der Waals surface area contributed by atoms with Gasteiger partial charge in [0.2, 0.25) is 5.91 Å². The molecular weight excluding hydrogens is 357 g/mol. The van der Waals surface area contributed by atoms with Crippen molar-refractivity contribution >= 4 is 40.7 Å². The van der Waals surface area contributed by atoms with Gasteiger partial charge in [-0.3, -0.25) is 9.48 Å². The van der Waals surface area contributed by atoms with Crippen LogP contribution < -0.4 is 5.32 Å². The van der Waals surface area contributed by atoms with E-state index in [1.165, 1.54) is 0 Å². The predicted molar refractivity (Wildman–Crippen MR) is 94.3 cm³/mol. The highest BCUT2D eigenvalue weighted by Gasteiger charge is 2.24. The van der Waals surface area contributed by atoms with Crippen LogP contribution in [0.4, 0.5) is 0 Å². The van der Waals surface area contributed by atoms with Crippen molar-refractivity contribution in [3.8, 4) is 0 Å². The van der Waals surface area contributed by atoms with Crippen molar-refractivity contribution in [3.63, 3.8) is 0 Å². The maximum absolute atomic E-state index is 12.4. The summed E-state index contributed by atoms with van der Waals surface area (Å²) in [5.41, 5.74) is 1.75. The number of aryl methyl sites for hydroxylation is 1. The van der Waals surface area contributed by atoms with Crippen LogP contribution in [0.15, 0.2) is 18.2 Å². The summed E-state index contributed by atoms with van der Waals surface area (Å²) in [6.07, 6.45) is 0. The zero-order chi connectivity index (χ0) is 17.4. The Balaban J connectivity index is 2.14. The quantitative estimate of drug-likeness (QED) is 0.855. The van der Waals surface area contributed by atoms with E-state index in [0.29, 0.717) is 20.8 Å².